The fraction of sp³-hybridized carbons (Fsp3) is 0.500. The fourth-order valence-electron chi connectivity index (χ4n) is 3.23. The van der Waals surface area contributed by atoms with Gasteiger partial charge >= 0.3 is 0 Å². The van der Waals surface area contributed by atoms with Crippen LogP contribution in [0.5, 0.6) is 0 Å². The van der Waals surface area contributed by atoms with Crippen LogP contribution in [0.15, 0.2) is 24.3 Å². The Morgan fingerprint density at radius 1 is 1.28 bits per heavy atom. The summed E-state index contributed by atoms with van der Waals surface area (Å²) in [6.45, 7) is 0.989. The van der Waals surface area contributed by atoms with Crippen molar-refractivity contribution >= 4 is 23.2 Å². The summed E-state index contributed by atoms with van der Waals surface area (Å²) in [6.07, 6.45) is 3.71. The standard InChI is InChI=1S/C14H17ClN2O/c15-10-4-6-11(7-5-10)17-14(18)13-12-3-1-2-9(12)8-16-13/h4-7,9,12-13,16H,1-3,8H2,(H,17,18). The number of halogens is 1. The molecule has 18 heavy (non-hydrogen) atoms. The maximum atomic E-state index is 12.2. The van der Waals surface area contributed by atoms with E-state index in [-0.39, 0.29) is 11.9 Å². The van der Waals surface area contributed by atoms with Crippen LogP contribution in [0, 0.1) is 11.8 Å². The van der Waals surface area contributed by atoms with Gasteiger partial charge in [-0.15, -0.1) is 0 Å². The molecule has 1 heterocycles. The molecule has 0 bridgehead atoms. The molecule has 0 aromatic heterocycles. The van der Waals surface area contributed by atoms with Crippen LogP contribution < -0.4 is 10.6 Å². The van der Waals surface area contributed by atoms with Gasteiger partial charge < -0.3 is 10.6 Å². The highest BCUT2D eigenvalue weighted by Crippen LogP contribution is 2.37. The molecule has 2 N–H and O–H groups in total. The second kappa shape index (κ2) is 4.90. The largest absolute Gasteiger partial charge is 0.325 e. The molecule has 1 aliphatic heterocycles. The summed E-state index contributed by atoms with van der Waals surface area (Å²) < 4.78 is 0. The molecule has 1 saturated carbocycles. The predicted octanol–water partition coefficient (Wildman–Crippen LogP) is 2.67. The van der Waals surface area contributed by atoms with Crippen molar-refractivity contribution in [3.63, 3.8) is 0 Å². The Balaban J connectivity index is 1.66. The van der Waals surface area contributed by atoms with Crippen molar-refractivity contribution in [1.29, 1.82) is 0 Å². The van der Waals surface area contributed by atoms with E-state index in [1.54, 1.807) is 12.1 Å². The van der Waals surface area contributed by atoms with Gasteiger partial charge in [0.2, 0.25) is 5.91 Å². The van der Waals surface area contributed by atoms with Crippen molar-refractivity contribution in [2.45, 2.75) is 25.3 Å². The summed E-state index contributed by atoms with van der Waals surface area (Å²) in [5.74, 6) is 1.31. The normalized spacial score (nSPS) is 30.2. The molecule has 1 aromatic carbocycles. The van der Waals surface area contributed by atoms with Crippen LogP contribution in [-0.4, -0.2) is 18.5 Å². The molecule has 1 amide bonds. The summed E-state index contributed by atoms with van der Waals surface area (Å²) in [5.41, 5.74) is 0.813. The third kappa shape index (κ3) is 2.25. The second-order valence-electron chi connectivity index (χ2n) is 5.24. The van der Waals surface area contributed by atoms with Crippen molar-refractivity contribution in [3.05, 3.63) is 29.3 Å². The lowest BCUT2D eigenvalue weighted by Crippen LogP contribution is -2.39. The first-order valence-corrected chi connectivity index (χ1v) is 6.91. The summed E-state index contributed by atoms with van der Waals surface area (Å²) in [7, 11) is 0. The number of carbonyl (C=O) groups excluding carboxylic acids is 1. The Kier molecular flexibility index (Phi) is 3.27. The third-order valence-corrected chi connectivity index (χ3v) is 4.39. The Morgan fingerprint density at radius 3 is 2.83 bits per heavy atom. The number of fused-ring (bicyclic) bond motifs is 1. The lowest BCUT2D eigenvalue weighted by atomic mass is 9.93. The number of hydrogen-bond donors (Lipinski definition) is 2. The first kappa shape index (κ1) is 12.0. The molecule has 2 fully saturated rings. The Bertz CT molecular complexity index is 446. The van der Waals surface area contributed by atoms with Crippen molar-refractivity contribution in [2.24, 2.45) is 11.8 Å². The second-order valence-corrected chi connectivity index (χ2v) is 5.67. The number of anilines is 1. The Labute approximate surface area is 112 Å². The van der Waals surface area contributed by atoms with Gasteiger partial charge in [0.25, 0.3) is 0 Å². The van der Waals surface area contributed by atoms with Crippen LogP contribution >= 0.6 is 11.6 Å². The SMILES string of the molecule is O=C(Nc1ccc(Cl)cc1)C1NCC2CCCC21. The number of amides is 1. The van der Waals surface area contributed by atoms with Gasteiger partial charge in [-0.05, 0) is 55.5 Å². The first-order chi connectivity index (χ1) is 8.74. The molecule has 3 nitrogen and oxygen atoms in total. The van der Waals surface area contributed by atoms with Gasteiger partial charge in [0, 0.05) is 10.7 Å². The van der Waals surface area contributed by atoms with Crippen LogP contribution in [-0.2, 0) is 4.79 Å². The van der Waals surface area contributed by atoms with Crippen LogP contribution in [0.4, 0.5) is 5.69 Å². The maximum absolute atomic E-state index is 12.2. The van der Waals surface area contributed by atoms with Crippen molar-refractivity contribution < 1.29 is 4.79 Å². The molecular weight excluding hydrogens is 248 g/mol. The predicted molar refractivity (Wildman–Crippen MR) is 72.7 cm³/mol. The Hall–Kier alpha value is -1.06. The topological polar surface area (TPSA) is 41.1 Å². The quantitative estimate of drug-likeness (QED) is 0.862. The van der Waals surface area contributed by atoms with E-state index >= 15 is 0 Å². The minimum absolute atomic E-state index is 0.0202. The highest BCUT2D eigenvalue weighted by molar-refractivity contribution is 6.30. The molecule has 2 aliphatic rings. The van der Waals surface area contributed by atoms with E-state index in [9.17, 15) is 4.79 Å². The molecule has 3 rings (SSSR count). The number of hydrogen-bond acceptors (Lipinski definition) is 2. The van der Waals surface area contributed by atoms with E-state index in [1.807, 2.05) is 12.1 Å². The maximum Gasteiger partial charge on any atom is 0.241 e. The van der Waals surface area contributed by atoms with Gasteiger partial charge in [-0.25, -0.2) is 0 Å². The first-order valence-electron chi connectivity index (χ1n) is 6.54. The number of rotatable bonds is 2. The molecule has 1 aliphatic carbocycles. The fourth-order valence-corrected chi connectivity index (χ4v) is 3.35. The van der Waals surface area contributed by atoms with E-state index in [0.717, 1.165) is 12.2 Å². The third-order valence-electron chi connectivity index (χ3n) is 4.14. The van der Waals surface area contributed by atoms with Gasteiger partial charge in [0.15, 0.2) is 0 Å². The monoisotopic (exact) mass is 264 g/mol. The number of carbonyl (C=O) groups is 1. The lowest BCUT2D eigenvalue weighted by molar-refractivity contribution is -0.118. The molecule has 0 spiro atoms. The molecule has 96 valence electrons. The zero-order valence-corrected chi connectivity index (χ0v) is 10.9. The zero-order chi connectivity index (χ0) is 12.5. The summed E-state index contributed by atoms with van der Waals surface area (Å²) >= 11 is 5.82. The van der Waals surface area contributed by atoms with Crippen molar-refractivity contribution in [3.8, 4) is 0 Å². The van der Waals surface area contributed by atoms with E-state index in [1.165, 1.54) is 19.3 Å². The molecule has 3 atom stereocenters. The molecule has 4 heteroatoms. The van der Waals surface area contributed by atoms with Crippen molar-refractivity contribution in [2.75, 3.05) is 11.9 Å². The number of benzene rings is 1. The zero-order valence-electron chi connectivity index (χ0n) is 10.2. The van der Waals surface area contributed by atoms with Crippen LogP contribution in [0.25, 0.3) is 0 Å². The Morgan fingerprint density at radius 2 is 2.06 bits per heavy atom. The van der Waals surface area contributed by atoms with Gasteiger partial charge in [-0.2, -0.15) is 0 Å². The average Bonchev–Trinajstić information content (AvgIpc) is 2.93. The summed E-state index contributed by atoms with van der Waals surface area (Å²) in [5, 5.41) is 7.00. The molecule has 0 radical (unpaired) electrons. The molecular formula is C14H17ClN2O. The smallest absolute Gasteiger partial charge is 0.241 e. The van der Waals surface area contributed by atoms with E-state index < -0.39 is 0 Å². The average molecular weight is 265 g/mol. The van der Waals surface area contributed by atoms with Crippen LogP contribution in [0.2, 0.25) is 5.02 Å². The van der Waals surface area contributed by atoms with E-state index in [2.05, 4.69) is 10.6 Å². The van der Waals surface area contributed by atoms with Gasteiger partial charge in [0.05, 0.1) is 6.04 Å². The van der Waals surface area contributed by atoms with E-state index in [4.69, 9.17) is 11.6 Å². The van der Waals surface area contributed by atoms with Crippen LogP contribution in [0.1, 0.15) is 19.3 Å². The molecule has 1 saturated heterocycles. The lowest BCUT2D eigenvalue weighted by Gasteiger charge is -2.17. The number of nitrogens with one attached hydrogen (secondary N) is 2. The van der Waals surface area contributed by atoms with Crippen LogP contribution in [0.3, 0.4) is 0 Å². The van der Waals surface area contributed by atoms with E-state index in [0.29, 0.717) is 16.9 Å². The van der Waals surface area contributed by atoms with Gasteiger partial charge in [0.1, 0.15) is 0 Å². The van der Waals surface area contributed by atoms with Crippen molar-refractivity contribution in [1.82, 2.24) is 5.32 Å². The minimum Gasteiger partial charge on any atom is -0.325 e. The van der Waals surface area contributed by atoms with Gasteiger partial charge in [-0.3, -0.25) is 4.79 Å². The summed E-state index contributed by atoms with van der Waals surface area (Å²) in [4.78, 5) is 12.2. The highest BCUT2D eigenvalue weighted by Gasteiger charge is 2.42. The molecule has 3 unspecified atom stereocenters. The highest BCUT2D eigenvalue weighted by atomic mass is 35.5. The minimum atomic E-state index is -0.0202. The van der Waals surface area contributed by atoms with Gasteiger partial charge in [-0.1, -0.05) is 18.0 Å². The summed E-state index contributed by atoms with van der Waals surface area (Å²) in [6, 6.07) is 7.23. The molecule has 1 aromatic rings.